The van der Waals surface area contributed by atoms with Gasteiger partial charge in [0.2, 0.25) is 0 Å². The lowest BCUT2D eigenvalue weighted by Gasteiger charge is -2.33. The molecule has 2 rings (SSSR count). The molecule has 1 aliphatic rings. The van der Waals surface area contributed by atoms with E-state index in [9.17, 15) is 4.79 Å². The molecule has 0 atom stereocenters. The molecular formula is C14H16BrN3O. The molecule has 0 aliphatic carbocycles. The summed E-state index contributed by atoms with van der Waals surface area (Å²) in [7, 11) is 0. The van der Waals surface area contributed by atoms with Crippen molar-refractivity contribution >= 4 is 21.8 Å². The molecule has 1 fully saturated rings. The van der Waals surface area contributed by atoms with E-state index in [1.54, 1.807) is 0 Å². The van der Waals surface area contributed by atoms with Crippen LogP contribution in [0.5, 0.6) is 0 Å². The van der Waals surface area contributed by atoms with Gasteiger partial charge < -0.3 is 4.90 Å². The van der Waals surface area contributed by atoms with Gasteiger partial charge in [-0.05, 0) is 24.6 Å². The lowest BCUT2D eigenvalue weighted by atomic mass is 10.1. The van der Waals surface area contributed by atoms with Gasteiger partial charge in [-0.15, -0.1) is 0 Å². The topological polar surface area (TPSA) is 47.3 Å². The summed E-state index contributed by atoms with van der Waals surface area (Å²) in [6.45, 7) is 5.30. The van der Waals surface area contributed by atoms with Crippen molar-refractivity contribution in [3.8, 4) is 6.07 Å². The van der Waals surface area contributed by atoms with Gasteiger partial charge in [-0.1, -0.05) is 22.0 Å². The van der Waals surface area contributed by atoms with Gasteiger partial charge in [0.25, 0.3) is 5.91 Å². The standard InChI is InChI=1S/C14H16BrN3O/c1-11-12(3-2-4-13(11)15)14(19)18-9-7-17(6-5-16)8-10-18/h2-4H,6-10H2,1H3. The molecule has 0 radical (unpaired) electrons. The Morgan fingerprint density at radius 3 is 2.68 bits per heavy atom. The fraction of sp³-hybridized carbons (Fsp3) is 0.429. The van der Waals surface area contributed by atoms with Crippen LogP contribution in [0.3, 0.4) is 0 Å². The number of hydrogen-bond donors (Lipinski definition) is 0. The molecule has 0 aromatic heterocycles. The summed E-state index contributed by atoms with van der Waals surface area (Å²) in [5, 5.41) is 8.66. The van der Waals surface area contributed by atoms with Crippen LogP contribution in [-0.4, -0.2) is 48.4 Å². The molecule has 1 aromatic carbocycles. The minimum atomic E-state index is 0.0791. The van der Waals surface area contributed by atoms with Crippen LogP contribution in [0.2, 0.25) is 0 Å². The molecule has 1 saturated heterocycles. The van der Waals surface area contributed by atoms with Gasteiger partial charge in [0.1, 0.15) is 0 Å². The molecule has 0 N–H and O–H groups in total. The molecule has 5 heteroatoms. The second kappa shape index (κ2) is 6.18. The Hall–Kier alpha value is -1.38. The number of benzene rings is 1. The average Bonchev–Trinajstić information content (AvgIpc) is 2.42. The van der Waals surface area contributed by atoms with Gasteiger partial charge in [-0.2, -0.15) is 5.26 Å². The smallest absolute Gasteiger partial charge is 0.254 e. The van der Waals surface area contributed by atoms with E-state index in [0.717, 1.165) is 28.7 Å². The maximum atomic E-state index is 12.5. The number of hydrogen-bond acceptors (Lipinski definition) is 3. The molecule has 1 aliphatic heterocycles. The van der Waals surface area contributed by atoms with Gasteiger partial charge in [0, 0.05) is 36.2 Å². The summed E-state index contributed by atoms with van der Waals surface area (Å²) in [4.78, 5) is 16.4. The highest BCUT2D eigenvalue weighted by Crippen LogP contribution is 2.21. The summed E-state index contributed by atoms with van der Waals surface area (Å²) in [6, 6.07) is 7.84. The number of carbonyl (C=O) groups excluding carboxylic acids is 1. The zero-order valence-electron chi connectivity index (χ0n) is 10.9. The number of piperazine rings is 1. The molecule has 1 heterocycles. The number of amides is 1. The summed E-state index contributed by atoms with van der Waals surface area (Å²) < 4.78 is 0.960. The van der Waals surface area contributed by atoms with E-state index in [4.69, 9.17) is 5.26 Å². The first-order chi connectivity index (χ1) is 9.13. The van der Waals surface area contributed by atoms with Gasteiger partial charge in [0.05, 0.1) is 12.6 Å². The normalized spacial score (nSPS) is 16.2. The van der Waals surface area contributed by atoms with E-state index in [1.807, 2.05) is 30.0 Å². The molecule has 4 nitrogen and oxygen atoms in total. The highest BCUT2D eigenvalue weighted by atomic mass is 79.9. The molecule has 0 unspecified atom stereocenters. The summed E-state index contributed by atoms with van der Waals surface area (Å²) >= 11 is 3.45. The monoisotopic (exact) mass is 321 g/mol. The third-order valence-corrected chi connectivity index (χ3v) is 4.31. The zero-order valence-corrected chi connectivity index (χ0v) is 12.5. The van der Waals surface area contributed by atoms with Crippen LogP contribution in [0.4, 0.5) is 0 Å². The first kappa shape index (κ1) is 14.0. The van der Waals surface area contributed by atoms with Crippen LogP contribution < -0.4 is 0 Å². The van der Waals surface area contributed by atoms with Crippen molar-refractivity contribution in [2.24, 2.45) is 0 Å². The maximum Gasteiger partial charge on any atom is 0.254 e. The highest BCUT2D eigenvalue weighted by molar-refractivity contribution is 9.10. The lowest BCUT2D eigenvalue weighted by molar-refractivity contribution is 0.0651. The van der Waals surface area contributed by atoms with Gasteiger partial charge >= 0.3 is 0 Å². The van der Waals surface area contributed by atoms with Crippen LogP contribution in [0.25, 0.3) is 0 Å². The molecule has 19 heavy (non-hydrogen) atoms. The van der Waals surface area contributed by atoms with Crippen molar-refractivity contribution in [1.82, 2.24) is 9.80 Å². The van der Waals surface area contributed by atoms with Crippen LogP contribution in [0.1, 0.15) is 15.9 Å². The minimum Gasteiger partial charge on any atom is -0.336 e. The Kier molecular flexibility index (Phi) is 4.56. The lowest BCUT2D eigenvalue weighted by Crippen LogP contribution is -2.48. The Bertz CT molecular complexity index is 516. The largest absolute Gasteiger partial charge is 0.336 e. The highest BCUT2D eigenvalue weighted by Gasteiger charge is 2.23. The Labute approximate surface area is 121 Å². The molecule has 1 aromatic rings. The fourth-order valence-electron chi connectivity index (χ4n) is 2.22. The van der Waals surface area contributed by atoms with Gasteiger partial charge in [-0.25, -0.2) is 0 Å². The molecular weight excluding hydrogens is 306 g/mol. The summed E-state index contributed by atoms with van der Waals surface area (Å²) in [6.07, 6.45) is 0. The summed E-state index contributed by atoms with van der Waals surface area (Å²) in [5.74, 6) is 0.0791. The van der Waals surface area contributed by atoms with Crippen LogP contribution >= 0.6 is 15.9 Å². The van der Waals surface area contributed by atoms with E-state index >= 15 is 0 Å². The Balaban J connectivity index is 2.06. The minimum absolute atomic E-state index is 0.0791. The number of carbonyl (C=O) groups is 1. The van der Waals surface area contributed by atoms with Gasteiger partial charge in [-0.3, -0.25) is 9.69 Å². The number of rotatable bonds is 2. The van der Waals surface area contributed by atoms with Crippen LogP contribution in [-0.2, 0) is 0 Å². The molecule has 1 amide bonds. The van der Waals surface area contributed by atoms with Crippen molar-refractivity contribution in [3.63, 3.8) is 0 Å². The Morgan fingerprint density at radius 2 is 2.05 bits per heavy atom. The summed E-state index contributed by atoms with van der Waals surface area (Å²) in [5.41, 5.74) is 1.73. The van der Waals surface area contributed by atoms with Crippen LogP contribution in [0, 0.1) is 18.3 Å². The third-order valence-electron chi connectivity index (χ3n) is 3.45. The van der Waals surface area contributed by atoms with E-state index in [0.29, 0.717) is 19.6 Å². The van der Waals surface area contributed by atoms with E-state index in [1.165, 1.54) is 0 Å². The van der Waals surface area contributed by atoms with E-state index < -0.39 is 0 Å². The first-order valence-corrected chi connectivity index (χ1v) is 7.06. The van der Waals surface area contributed by atoms with Crippen molar-refractivity contribution < 1.29 is 4.79 Å². The van der Waals surface area contributed by atoms with Crippen LogP contribution in [0.15, 0.2) is 22.7 Å². The predicted molar refractivity (Wildman–Crippen MR) is 76.8 cm³/mol. The third kappa shape index (κ3) is 3.14. The SMILES string of the molecule is Cc1c(Br)cccc1C(=O)N1CCN(CC#N)CC1. The molecule has 0 saturated carbocycles. The maximum absolute atomic E-state index is 12.5. The first-order valence-electron chi connectivity index (χ1n) is 6.27. The second-order valence-corrected chi connectivity index (χ2v) is 5.49. The van der Waals surface area contributed by atoms with Gasteiger partial charge in [0.15, 0.2) is 0 Å². The number of nitriles is 1. The average molecular weight is 322 g/mol. The van der Waals surface area contributed by atoms with E-state index in [-0.39, 0.29) is 5.91 Å². The van der Waals surface area contributed by atoms with Crippen molar-refractivity contribution in [1.29, 1.82) is 5.26 Å². The molecule has 100 valence electrons. The number of nitrogens with zero attached hydrogens (tertiary/aromatic N) is 3. The fourth-order valence-corrected chi connectivity index (χ4v) is 2.58. The Morgan fingerprint density at radius 1 is 1.37 bits per heavy atom. The predicted octanol–water partition coefficient (Wildman–Crippen LogP) is 2.04. The van der Waals surface area contributed by atoms with Crippen molar-refractivity contribution in [3.05, 3.63) is 33.8 Å². The molecule has 0 bridgehead atoms. The van der Waals surface area contributed by atoms with Crippen molar-refractivity contribution in [2.75, 3.05) is 32.7 Å². The van der Waals surface area contributed by atoms with E-state index in [2.05, 4.69) is 26.9 Å². The van der Waals surface area contributed by atoms with Crippen molar-refractivity contribution in [2.45, 2.75) is 6.92 Å². The quantitative estimate of drug-likeness (QED) is 0.783. The zero-order chi connectivity index (χ0) is 13.8. The second-order valence-electron chi connectivity index (χ2n) is 4.64. The molecule has 0 spiro atoms. The number of halogens is 1.